The van der Waals surface area contributed by atoms with Gasteiger partial charge in [-0.25, -0.2) is 13.2 Å². The fourth-order valence-corrected chi connectivity index (χ4v) is 3.64. The fourth-order valence-electron chi connectivity index (χ4n) is 1.96. The molecule has 1 fully saturated rings. The molecule has 2 N–H and O–H groups in total. The van der Waals surface area contributed by atoms with E-state index in [0.29, 0.717) is 12.2 Å². The lowest BCUT2D eigenvalue weighted by atomic mass is 10.2. The lowest BCUT2D eigenvalue weighted by Crippen LogP contribution is -2.43. The minimum atomic E-state index is -2.98. The number of carbonyl (C=O) groups is 1. The second kappa shape index (κ2) is 6.13. The Morgan fingerprint density at radius 2 is 2.05 bits per heavy atom. The van der Waals surface area contributed by atoms with Crippen LogP contribution in [-0.2, 0) is 9.84 Å². The quantitative estimate of drug-likeness (QED) is 0.806. The Morgan fingerprint density at radius 1 is 1.35 bits per heavy atom. The van der Waals surface area contributed by atoms with Crippen LogP contribution in [-0.4, -0.2) is 38.7 Å². The smallest absolute Gasteiger partial charge is 0.317 e. The molecule has 1 aromatic rings. The number of sulfone groups is 1. The van der Waals surface area contributed by atoms with E-state index < -0.39 is 15.9 Å². The Morgan fingerprint density at radius 3 is 2.65 bits per heavy atom. The largest absolute Gasteiger partial charge is 0.473 e. The Labute approximate surface area is 118 Å². The molecule has 1 unspecified atom stereocenters. The van der Waals surface area contributed by atoms with Crippen molar-refractivity contribution < 1.29 is 17.9 Å². The van der Waals surface area contributed by atoms with E-state index in [-0.39, 0.29) is 24.3 Å². The first kappa shape index (κ1) is 14.6. The number of hydrogen-bond acceptors (Lipinski definition) is 4. The molecule has 20 heavy (non-hydrogen) atoms. The first-order chi connectivity index (χ1) is 9.44. The van der Waals surface area contributed by atoms with Crippen molar-refractivity contribution in [2.24, 2.45) is 0 Å². The first-order valence-corrected chi connectivity index (χ1v) is 8.21. The number of benzene rings is 1. The summed E-state index contributed by atoms with van der Waals surface area (Å²) in [6.07, 6.45) is 0.467. The molecule has 0 saturated carbocycles. The lowest BCUT2D eigenvalue weighted by Gasteiger charge is -2.12. The number of nitrogens with one attached hydrogen (secondary N) is 2. The highest BCUT2D eigenvalue weighted by molar-refractivity contribution is 7.91. The summed E-state index contributed by atoms with van der Waals surface area (Å²) < 4.78 is 27.9. The molecule has 0 bridgehead atoms. The number of ether oxygens (including phenoxy) is 1. The van der Waals surface area contributed by atoms with E-state index in [1.807, 2.05) is 31.2 Å². The Balaban J connectivity index is 1.69. The third kappa shape index (κ3) is 4.41. The summed E-state index contributed by atoms with van der Waals surface area (Å²) in [6, 6.07) is 6.74. The second-order valence-corrected chi connectivity index (χ2v) is 7.08. The highest BCUT2D eigenvalue weighted by Crippen LogP contribution is 2.11. The fraction of sp³-hybridized carbons (Fsp3) is 0.462. The van der Waals surface area contributed by atoms with E-state index in [0.717, 1.165) is 5.56 Å². The predicted molar refractivity (Wildman–Crippen MR) is 75.4 cm³/mol. The third-order valence-electron chi connectivity index (χ3n) is 3.06. The van der Waals surface area contributed by atoms with Crippen molar-refractivity contribution in [2.45, 2.75) is 19.4 Å². The van der Waals surface area contributed by atoms with Gasteiger partial charge in [0, 0.05) is 6.04 Å². The predicted octanol–water partition coefficient (Wildman–Crippen LogP) is 0.818. The molecule has 1 aliphatic rings. The molecule has 1 aromatic carbocycles. The summed E-state index contributed by atoms with van der Waals surface area (Å²) >= 11 is 0. The van der Waals surface area contributed by atoms with Crippen molar-refractivity contribution in [3.8, 4) is 5.75 Å². The summed E-state index contributed by atoms with van der Waals surface area (Å²) in [4.78, 5) is 11.6. The van der Waals surface area contributed by atoms with E-state index in [9.17, 15) is 13.2 Å². The van der Waals surface area contributed by atoms with Crippen molar-refractivity contribution in [1.29, 1.82) is 0 Å². The van der Waals surface area contributed by atoms with Gasteiger partial charge in [0.1, 0.15) is 5.75 Å². The number of rotatable bonds is 4. The summed E-state index contributed by atoms with van der Waals surface area (Å²) in [6.45, 7) is 2.01. The minimum Gasteiger partial charge on any atom is -0.473 e. The van der Waals surface area contributed by atoms with Crippen LogP contribution in [0, 0.1) is 6.92 Å². The number of hydrogen-bond donors (Lipinski definition) is 2. The highest BCUT2D eigenvalue weighted by atomic mass is 32.2. The van der Waals surface area contributed by atoms with Crippen molar-refractivity contribution in [3.05, 3.63) is 29.8 Å². The molecule has 0 aliphatic carbocycles. The molecule has 1 atom stereocenters. The van der Waals surface area contributed by atoms with Crippen LogP contribution in [0.1, 0.15) is 12.0 Å². The van der Waals surface area contributed by atoms with Crippen LogP contribution < -0.4 is 15.4 Å². The van der Waals surface area contributed by atoms with Crippen molar-refractivity contribution in [1.82, 2.24) is 10.6 Å². The molecular formula is C13H18N2O4S. The zero-order valence-electron chi connectivity index (χ0n) is 11.3. The van der Waals surface area contributed by atoms with Gasteiger partial charge in [-0.3, -0.25) is 0 Å². The van der Waals surface area contributed by atoms with E-state index in [4.69, 9.17) is 4.74 Å². The maximum absolute atomic E-state index is 11.6. The number of urea groups is 1. The third-order valence-corrected chi connectivity index (χ3v) is 4.83. The van der Waals surface area contributed by atoms with Crippen molar-refractivity contribution >= 4 is 15.9 Å². The molecule has 1 saturated heterocycles. The van der Waals surface area contributed by atoms with Crippen molar-refractivity contribution in [3.63, 3.8) is 0 Å². The number of carbonyl (C=O) groups excluding carboxylic acids is 1. The monoisotopic (exact) mass is 298 g/mol. The summed E-state index contributed by atoms with van der Waals surface area (Å²) in [5.74, 6) is 0.816. The van der Waals surface area contributed by atoms with E-state index in [2.05, 4.69) is 10.6 Å². The molecule has 7 heteroatoms. The van der Waals surface area contributed by atoms with Gasteiger partial charge in [-0.1, -0.05) is 17.7 Å². The van der Waals surface area contributed by atoms with Gasteiger partial charge >= 0.3 is 6.03 Å². The number of aryl methyl sites for hydroxylation is 1. The van der Waals surface area contributed by atoms with Gasteiger partial charge in [-0.2, -0.15) is 0 Å². The molecular weight excluding hydrogens is 280 g/mol. The van der Waals surface area contributed by atoms with Crippen LogP contribution in [0.3, 0.4) is 0 Å². The Bertz CT molecular complexity index is 569. The molecule has 0 radical (unpaired) electrons. The second-order valence-electron chi connectivity index (χ2n) is 4.85. The molecule has 0 aromatic heterocycles. The van der Waals surface area contributed by atoms with Crippen LogP contribution in [0.15, 0.2) is 24.3 Å². The average molecular weight is 298 g/mol. The topological polar surface area (TPSA) is 84.5 Å². The molecule has 6 nitrogen and oxygen atoms in total. The Hall–Kier alpha value is -1.76. The number of amides is 2. The van der Waals surface area contributed by atoms with Crippen molar-refractivity contribution in [2.75, 3.05) is 18.2 Å². The van der Waals surface area contributed by atoms with Gasteiger partial charge in [0.15, 0.2) is 16.6 Å². The molecule has 1 aliphatic heterocycles. The summed E-state index contributed by atoms with van der Waals surface area (Å²) in [5.41, 5.74) is 1.13. The van der Waals surface area contributed by atoms with Crippen LogP contribution in [0.2, 0.25) is 0 Å². The van der Waals surface area contributed by atoms with Gasteiger partial charge in [0.25, 0.3) is 0 Å². The van der Waals surface area contributed by atoms with Gasteiger partial charge in [0.05, 0.1) is 11.5 Å². The van der Waals surface area contributed by atoms with Gasteiger partial charge < -0.3 is 15.4 Å². The average Bonchev–Trinajstić information content (AvgIpc) is 2.71. The summed E-state index contributed by atoms with van der Waals surface area (Å²) in [5, 5.41) is 5.15. The summed E-state index contributed by atoms with van der Waals surface area (Å²) in [7, 11) is -2.98. The maximum Gasteiger partial charge on any atom is 0.317 e. The SMILES string of the molecule is Cc1ccc(OCNC(=O)NC2CCS(=O)(=O)C2)cc1. The minimum absolute atomic E-state index is 0.0131. The zero-order chi connectivity index (χ0) is 14.6. The highest BCUT2D eigenvalue weighted by Gasteiger charge is 2.28. The standard InChI is InChI=1S/C13H18N2O4S/c1-10-2-4-12(5-3-10)19-9-14-13(16)15-11-6-7-20(17,18)8-11/h2-5,11H,6-9H2,1H3,(H2,14,15,16). The van der Waals surface area contributed by atoms with Crippen LogP contribution in [0.5, 0.6) is 5.75 Å². The van der Waals surface area contributed by atoms with E-state index >= 15 is 0 Å². The van der Waals surface area contributed by atoms with E-state index in [1.165, 1.54) is 0 Å². The van der Waals surface area contributed by atoms with Gasteiger partial charge in [0.2, 0.25) is 0 Å². The zero-order valence-corrected chi connectivity index (χ0v) is 12.1. The van der Waals surface area contributed by atoms with Gasteiger partial charge in [-0.15, -0.1) is 0 Å². The van der Waals surface area contributed by atoms with Crippen LogP contribution in [0.4, 0.5) is 4.79 Å². The normalized spacial score (nSPS) is 20.4. The maximum atomic E-state index is 11.6. The van der Waals surface area contributed by atoms with Crippen LogP contribution >= 0.6 is 0 Å². The molecule has 110 valence electrons. The molecule has 2 rings (SSSR count). The molecule has 2 amide bonds. The molecule has 1 heterocycles. The lowest BCUT2D eigenvalue weighted by molar-refractivity contribution is 0.221. The van der Waals surface area contributed by atoms with Gasteiger partial charge in [-0.05, 0) is 25.5 Å². The van der Waals surface area contributed by atoms with E-state index in [1.54, 1.807) is 0 Å². The first-order valence-electron chi connectivity index (χ1n) is 6.39. The Kier molecular flexibility index (Phi) is 4.49. The molecule has 0 spiro atoms. The van der Waals surface area contributed by atoms with Crippen LogP contribution in [0.25, 0.3) is 0 Å².